The smallest absolute Gasteiger partial charge is 0.221 e. The fourth-order valence-corrected chi connectivity index (χ4v) is 1.86. The zero-order valence-corrected chi connectivity index (χ0v) is 10.2. The van der Waals surface area contributed by atoms with Crippen LogP contribution in [0, 0.1) is 0 Å². The second kappa shape index (κ2) is 4.71. The number of nitrogens with zero attached hydrogens (tertiary/aromatic N) is 1. The summed E-state index contributed by atoms with van der Waals surface area (Å²) >= 11 is 5.88. The summed E-state index contributed by atoms with van der Waals surface area (Å²) in [6.45, 7) is 3.98. The second-order valence-corrected chi connectivity index (χ2v) is 4.20. The first-order chi connectivity index (χ1) is 7.72. The summed E-state index contributed by atoms with van der Waals surface area (Å²) < 4.78 is 5.67. The molecule has 3 heteroatoms. The van der Waals surface area contributed by atoms with Gasteiger partial charge in [0.2, 0.25) is 5.88 Å². The van der Waals surface area contributed by atoms with Crippen molar-refractivity contribution in [2.45, 2.75) is 25.8 Å². The van der Waals surface area contributed by atoms with Gasteiger partial charge >= 0.3 is 0 Å². The highest BCUT2D eigenvalue weighted by molar-refractivity contribution is 6.18. The Morgan fingerprint density at radius 1 is 1.25 bits per heavy atom. The third kappa shape index (κ3) is 2.12. The second-order valence-electron chi connectivity index (χ2n) is 3.93. The number of alkyl halides is 1. The Kier molecular flexibility index (Phi) is 3.30. The molecule has 0 saturated carbocycles. The number of benzene rings is 1. The summed E-state index contributed by atoms with van der Waals surface area (Å²) in [4.78, 5) is 4.31. The molecule has 0 N–H and O–H groups in total. The van der Waals surface area contributed by atoms with E-state index in [1.54, 1.807) is 6.20 Å². The fourth-order valence-electron chi connectivity index (χ4n) is 1.65. The molecule has 84 valence electrons. The summed E-state index contributed by atoms with van der Waals surface area (Å²) in [5.74, 6) is 1.15. The van der Waals surface area contributed by atoms with Gasteiger partial charge in [-0.25, -0.2) is 4.98 Å². The minimum atomic E-state index is 0.123. The number of aromatic nitrogens is 1. The molecule has 1 aromatic carbocycles. The Hall–Kier alpha value is -1.28. The van der Waals surface area contributed by atoms with Crippen molar-refractivity contribution in [2.24, 2.45) is 0 Å². The van der Waals surface area contributed by atoms with E-state index in [0.29, 0.717) is 11.8 Å². The molecule has 2 aromatic rings. The van der Waals surface area contributed by atoms with Gasteiger partial charge in [0.15, 0.2) is 0 Å². The van der Waals surface area contributed by atoms with E-state index in [1.807, 2.05) is 38.1 Å². The van der Waals surface area contributed by atoms with E-state index >= 15 is 0 Å². The number of pyridine rings is 1. The van der Waals surface area contributed by atoms with E-state index < -0.39 is 0 Å². The van der Waals surface area contributed by atoms with E-state index in [2.05, 4.69) is 4.98 Å². The number of rotatable bonds is 3. The van der Waals surface area contributed by atoms with Crippen molar-refractivity contribution in [3.05, 3.63) is 36.0 Å². The van der Waals surface area contributed by atoms with Crippen LogP contribution in [0.15, 0.2) is 30.5 Å². The van der Waals surface area contributed by atoms with Crippen molar-refractivity contribution in [1.82, 2.24) is 4.98 Å². The van der Waals surface area contributed by atoms with Crippen molar-refractivity contribution in [2.75, 3.05) is 0 Å². The standard InChI is InChI=1S/C13H14ClNO/c1-9(2)16-13-12-6-4-3-5-11(12)10(7-14)8-15-13/h3-6,8-9H,7H2,1-2H3. The van der Waals surface area contributed by atoms with Gasteiger partial charge in [0.25, 0.3) is 0 Å². The topological polar surface area (TPSA) is 22.1 Å². The molecule has 0 aliphatic heterocycles. The Balaban J connectivity index is 2.60. The highest BCUT2D eigenvalue weighted by atomic mass is 35.5. The highest BCUT2D eigenvalue weighted by Crippen LogP contribution is 2.27. The van der Waals surface area contributed by atoms with Crippen LogP contribution in [0.1, 0.15) is 19.4 Å². The predicted octanol–water partition coefficient (Wildman–Crippen LogP) is 3.76. The molecule has 0 aliphatic carbocycles. The van der Waals surface area contributed by atoms with Crippen molar-refractivity contribution >= 4 is 22.4 Å². The minimum Gasteiger partial charge on any atom is -0.475 e. The van der Waals surface area contributed by atoms with Gasteiger partial charge in [-0.2, -0.15) is 0 Å². The first-order valence-electron chi connectivity index (χ1n) is 5.31. The van der Waals surface area contributed by atoms with E-state index in [9.17, 15) is 0 Å². The van der Waals surface area contributed by atoms with Gasteiger partial charge in [0.05, 0.1) is 6.10 Å². The van der Waals surface area contributed by atoms with Gasteiger partial charge in [0.1, 0.15) is 0 Å². The maximum Gasteiger partial charge on any atom is 0.221 e. The largest absolute Gasteiger partial charge is 0.475 e. The maximum atomic E-state index is 5.88. The van der Waals surface area contributed by atoms with Crippen LogP contribution in [0.5, 0.6) is 5.88 Å². The molecule has 2 nitrogen and oxygen atoms in total. The fraction of sp³-hybridized carbons (Fsp3) is 0.308. The molecule has 0 amide bonds. The lowest BCUT2D eigenvalue weighted by Gasteiger charge is -2.12. The Labute approximate surface area is 100 Å². The van der Waals surface area contributed by atoms with Gasteiger partial charge in [-0.1, -0.05) is 18.2 Å². The molecule has 0 spiro atoms. The molecule has 0 fully saturated rings. The Bertz CT molecular complexity index is 496. The molecule has 1 aromatic heterocycles. The van der Waals surface area contributed by atoms with E-state index in [4.69, 9.17) is 16.3 Å². The number of hydrogen-bond donors (Lipinski definition) is 0. The zero-order chi connectivity index (χ0) is 11.5. The van der Waals surface area contributed by atoms with Crippen molar-refractivity contribution in [3.63, 3.8) is 0 Å². The SMILES string of the molecule is CC(C)Oc1ncc(CCl)c2ccccc12. The van der Waals surface area contributed by atoms with Gasteiger partial charge in [-0.3, -0.25) is 0 Å². The lowest BCUT2D eigenvalue weighted by molar-refractivity contribution is 0.236. The van der Waals surface area contributed by atoms with Gasteiger partial charge < -0.3 is 4.74 Å². The van der Waals surface area contributed by atoms with Crippen LogP contribution in [0.4, 0.5) is 0 Å². The van der Waals surface area contributed by atoms with Crippen LogP contribution >= 0.6 is 11.6 Å². The summed E-state index contributed by atoms with van der Waals surface area (Å²) in [6, 6.07) is 8.03. The average Bonchev–Trinajstić information content (AvgIpc) is 2.29. The molecule has 1 heterocycles. The van der Waals surface area contributed by atoms with E-state index in [-0.39, 0.29) is 6.10 Å². The third-order valence-electron chi connectivity index (χ3n) is 2.33. The normalized spacial score (nSPS) is 11.0. The van der Waals surface area contributed by atoms with Gasteiger partial charge in [-0.15, -0.1) is 11.6 Å². The molecule has 2 rings (SSSR count). The summed E-state index contributed by atoms with van der Waals surface area (Å²) in [7, 11) is 0. The molecule has 0 aliphatic rings. The number of halogens is 1. The van der Waals surface area contributed by atoms with Gasteiger partial charge in [0, 0.05) is 17.5 Å². The molecular weight excluding hydrogens is 222 g/mol. The Morgan fingerprint density at radius 3 is 2.56 bits per heavy atom. The number of hydrogen-bond acceptors (Lipinski definition) is 2. The summed E-state index contributed by atoms with van der Waals surface area (Å²) in [5, 5.41) is 2.14. The molecule has 0 saturated heterocycles. The number of ether oxygens (including phenoxy) is 1. The lowest BCUT2D eigenvalue weighted by atomic mass is 10.1. The highest BCUT2D eigenvalue weighted by Gasteiger charge is 2.08. The van der Waals surface area contributed by atoms with E-state index in [0.717, 1.165) is 16.3 Å². The maximum absolute atomic E-state index is 5.88. The molecule has 0 atom stereocenters. The van der Waals surface area contributed by atoms with Crippen molar-refractivity contribution in [3.8, 4) is 5.88 Å². The number of fused-ring (bicyclic) bond motifs is 1. The van der Waals surface area contributed by atoms with Crippen LogP contribution in [-0.2, 0) is 5.88 Å². The van der Waals surface area contributed by atoms with Crippen molar-refractivity contribution < 1.29 is 4.74 Å². The first kappa shape index (κ1) is 11.2. The molecule has 0 radical (unpaired) electrons. The molecule has 0 unspecified atom stereocenters. The van der Waals surface area contributed by atoms with Crippen LogP contribution in [-0.4, -0.2) is 11.1 Å². The lowest BCUT2D eigenvalue weighted by Crippen LogP contribution is -2.07. The average molecular weight is 236 g/mol. The monoisotopic (exact) mass is 235 g/mol. The summed E-state index contributed by atoms with van der Waals surface area (Å²) in [6.07, 6.45) is 1.91. The molecular formula is C13H14ClNO. The molecule has 0 bridgehead atoms. The zero-order valence-electron chi connectivity index (χ0n) is 9.40. The third-order valence-corrected chi connectivity index (χ3v) is 2.62. The van der Waals surface area contributed by atoms with Crippen LogP contribution < -0.4 is 4.74 Å². The predicted molar refractivity (Wildman–Crippen MR) is 67.1 cm³/mol. The first-order valence-corrected chi connectivity index (χ1v) is 5.85. The minimum absolute atomic E-state index is 0.123. The van der Waals surface area contributed by atoms with Crippen molar-refractivity contribution in [1.29, 1.82) is 0 Å². The Morgan fingerprint density at radius 2 is 1.94 bits per heavy atom. The summed E-state index contributed by atoms with van der Waals surface area (Å²) in [5.41, 5.74) is 1.04. The van der Waals surface area contributed by atoms with Crippen LogP contribution in [0.25, 0.3) is 10.8 Å². The quantitative estimate of drug-likeness (QED) is 0.756. The van der Waals surface area contributed by atoms with Gasteiger partial charge in [-0.05, 0) is 30.9 Å². The molecule has 16 heavy (non-hydrogen) atoms. The van der Waals surface area contributed by atoms with Crippen LogP contribution in [0.2, 0.25) is 0 Å². The van der Waals surface area contributed by atoms with E-state index in [1.165, 1.54) is 0 Å². The van der Waals surface area contributed by atoms with Crippen LogP contribution in [0.3, 0.4) is 0 Å².